The van der Waals surface area contributed by atoms with Crippen LogP contribution < -0.4 is 11.1 Å². The van der Waals surface area contributed by atoms with E-state index >= 15 is 0 Å². The lowest BCUT2D eigenvalue weighted by Crippen LogP contribution is -2.03. The molecule has 94 valence electrons. The Balaban J connectivity index is 1.95. The van der Waals surface area contributed by atoms with E-state index < -0.39 is 0 Å². The lowest BCUT2D eigenvalue weighted by Gasteiger charge is -2.08. The number of aromatic nitrogens is 2. The normalized spacial score (nSPS) is 10.6. The second-order valence-corrected chi connectivity index (χ2v) is 4.59. The molecule has 0 bridgehead atoms. The number of hydrogen-bond acceptors (Lipinski definition) is 4. The summed E-state index contributed by atoms with van der Waals surface area (Å²) in [7, 11) is 0. The maximum atomic E-state index is 5.48. The summed E-state index contributed by atoms with van der Waals surface area (Å²) >= 11 is 0. The van der Waals surface area contributed by atoms with Crippen molar-refractivity contribution in [3.05, 3.63) is 47.5 Å². The van der Waals surface area contributed by atoms with E-state index in [2.05, 4.69) is 53.6 Å². The minimum atomic E-state index is 0.432. The molecule has 0 unspecified atom stereocenters. The molecule has 2 rings (SSSR count). The number of benzene rings is 1. The Bertz CT molecular complexity index is 488. The molecule has 0 saturated heterocycles. The smallest absolute Gasteiger partial charge is 0.149 e. The Labute approximate surface area is 107 Å². The highest BCUT2D eigenvalue weighted by Crippen LogP contribution is 2.15. The molecule has 0 aliphatic heterocycles. The molecule has 18 heavy (non-hydrogen) atoms. The molecule has 0 radical (unpaired) electrons. The molecule has 0 amide bonds. The topological polar surface area (TPSA) is 63.8 Å². The van der Waals surface area contributed by atoms with Gasteiger partial charge in [0.15, 0.2) is 0 Å². The summed E-state index contributed by atoms with van der Waals surface area (Å²) in [6.45, 7) is 5.12. The van der Waals surface area contributed by atoms with Crippen LogP contribution in [0.3, 0.4) is 0 Å². The van der Waals surface area contributed by atoms with Gasteiger partial charge in [-0.2, -0.15) is 0 Å². The van der Waals surface area contributed by atoms with E-state index in [9.17, 15) is 0 Å². The predicted octanol–water partition coefficient (Wildman–Crippen LogP) is 2.79. The van der Waals surface area contributed by atoms with Crippen molar-refractivity contribution < 1.29 is 0 Å². The van der Waals surface area contributed by atoms with Crippen LogP contribution in [0.5, 0.6) is 0 Å². The van der Waals surface area contributed by atoms with Gasteiger partial charge in [0.1, 0.15) is 11.6 Å². The molecule has 0 aliphatic rings. The van der Waals surface area contributed by atoms with Crippen LogP contribution in [-0.4, -0.2) is 10.2 Å². The molecule has 0 aliphatic carbocycles. The van der Waals surface area contributed by atoms with E-state index in [1.807, 2.05) is 6.07 Å². The quantitative estimate of drug-likeness (QED) is 0.865. The van der Waals surface area contributed by atoms with Gasteiger partial charge in [0.05, 0.1) is 0 Å². The number of anilines is 2. The largest absolute Gasteiger partial charge is 0.382 e. The van der Waals surface area contributed by atoms with Crippen LogP contribution in [-0.2, 0) is 6.54 Å². The first-order valence-corrected chi connectivity index (χ1v) is 6.07. The molecule has 1 heterocycles. The van der Waals surface area contributed by atoms with Crippen molar-refractivity contribution in [2.75, 3.05) is 11.1 Å². The third-order valence-corrected chi connectivity index (χ3v) is 2.81. The van der Waals surface area contributed by atoms with Gasteiger partial charge in [-0.05, 0) is 29.2 Å². The Hall–Kier alpha value is -2.10. The van der Waals surface area contributed by atoms with Crippen LogP contribution in [0.2, 0.25) is 0 Å². The second-order valence-electron chi connectivity index (χ2n) is 4.59. The summed E-state index contributed by atoms with van der Waals surface area (Å²) < 4.78 is 0. The third-order valence-electron chi connectivity index (χ3n) is 2.81. The highest BCUT2D eigenvalue weighted by Gasteiger charge is 1.99. The highest BCUT2D eigenvalue weighted by molar-refractivity contribution is 5.39. The van der Waals surface area contributed by atoms with E-state index in [0.29, 0.717) is 11.7 Å². The van der Waals surface area contributed by atoms with Gasteiger partial charge in [0.25, 0.3) is 0 Å². The van der Waals surface area contributed by atoms with Crippen molar-refractivity contribution in [1.82, 2.24) is 10.2 Å². The van der Waals surface area contributed by atoms with Crippen LogP contribution in [0.15, 0.2) is 36.4 Å². The van der Waals surface area contributed by atoms with E-state index in [1.54, 1.807) is 6.07 Å². The van der Waals surface area contributed by atoms with Crippen LogP contribution in [0.4, 0.5) is 11.6 Å². The average Bonchev–Trinajstić information content (AvgIpc) is 2.38. The third kappa shape index (κ3) is 3.20. The van der Waals surface area contributed by atoms with Gasteiger partial charge in [-0.3, -0.25) is 0 Å². The standard InChI is InChI=1S/C14H18N4/c1-10(2)12-5-3-11(4-6-12)9-16-14-8-7-13(15)17-18-14/h3-8,10H,9H2,1-2H3,(H2,15,17)(H,16,18). The van der Waals surface area contributed by atoms with Gasteiger partial charge in [-0.15, -0.1) is 10.2 Å². The molecule has 4 heteroatoms. The maximum absolute atomic E-state index is 5.48. The van der Waals surface area contributed by atoms with E-state index in [4.69, 9.17) is 5.73 Å². The molecule has 1 aromatic heterocycles. The number of rotatable bonds is 4. The van der Waals surface area contributed by atoms with Gasteiger partial charge in [-0.25, -0.2) is 0 Å². The molecule has 2 aromatic rings. The van der Waals surface area contributed by atoms with Crippen LogP contribution in [0.1, 0.15) is 30.9 Å². The van der Waals surface area contributed by atoms with Crippen LogP contribution >= 0.6 is 0 Å². The molecule has 0 saturated carbocycles. The van der Waals surface area contributed by atoms with Crippen LogP contribution in [0, 0.1) is 0 Å². The second kappa shape index (κ2) is 5.49. The fourth-order valence-corrected chi connectivity index (χ4v) is 1.65. The molecular formula is C14H18N4. The van der Waals surface area contributed by atoms with Gasteiger partial charge in [0, 0.05) is 6.54 Å². The van der Waals surface area contributed by atoms with E-state index in [1.165, 1.54) is 11.1 Å². The summed E-state index contributed by atoms with van der Waals surface area (Å²) in [5, 5.41) is 11.0. The Morgan fingerprint density at radius 2 is 1.78 bits per heavy atom. The van der Waals surface area contributed by atoms with Gasteiger partial charge >= 0.3 is 0 Å². The van der Waals surface area contributed by atoms with Crippen molar-refractivity contribution in [1.29, 1.82) is 0 Å². The molecule has 0 fully saturated rings. The Morgan fingerprint density at radius 3 is 2.33 bits per heavy atom. The summed E-state index contributed by atoms with van der Waals surface area (Å²) in [6.07, 6.45) is 0. The SMILES string of the molecule is CC(C)c1ccc(CNc2ccc(N)nn2)cc1. The fraction of sp³-hybridized carbons (Fsp3) is 0.286. The molecule has 0 spiro atoms. The first-order chi connectivity index (χ1) is 8.65. The van der Waals surface area contributed by atoms with Crippen molar-refractivity contribution >= 4 is 11.6 Å². The summed E-state index contributed by atoms with van der Waals surface area (Å²) in [5.41, 5.74) is 8.05. The molecule has 0 atom stereocenters. The number of nitrogens with one attached hydrogen (secondary N) is 1. The summed E-state index contributed by atoms with van der Waals surface area (Å²) in [4.78, 5) is 0. The Morgan fingerprint density at radius 1 is 1.06 bits per heavy atom. The molecule has 3 N–H and O–H groups in total. The Kier molecular flexibility index (Phi) is 3.77. The average molecular weight is 242 g/mol. The zero-order valence-electron chi connectivity index (χ0n) is 10.7. The summed E-state index contributed by atoms with van der Waals surface area (Å²) in [6, 6.07) is 12.1. The van der Waals surface area contributed by atoms with Crippen molar-refractivity contribution in [3.8, 4) is 0 Å². The van der Waals surface area contributed by atoms with Gasteiger partial charge in [-0.1, -0.05) is 38.1 Å². The van der Waals surface area contributed by atoms with Crippen molar-refractivity contribution in [2.45, 2.75) is 26.3 Å². The van der Waals surface area contributed by atoms with Gasteiger partial charge in [0.2, 0.25) is 0 Å². The van der Waals surface area contributed by atoms with Gasteiger partial charge < -0.3 is 11.1 Å². The minimum absolute atomic E-state index is 0.432. The number of nitrogen functional groups attached to an aromatic ring is 1. The van der Waals surface area contributed by atoms with E-state index in [-0.39, 0.29) is 0 Å². The van der Waals surface area contributed by atoms with Crippen LogP contribution in [0.25, 0.3) is 0 Å². The summed E-state index contributed by atoms with van der Waals surface area (Å²) in [5.74, 6) is 1.73. The van der Waals surface area contributed by atoms with Crippen molar-refractivity contribution in [3.63, 3.8) is 0 Å². The monoisotopic (exact) mass is 242 g/mol. The molecule has 4 nitrogen and oxygen atoms in total. The lowest BCUT2D eigenvalue weighted by molar-refractivity contribution is 0.865. The molecular weight excluding hydrogens is 224 g/mol. The maximum Gasteiger partial charge on any atom is 0.149 e. The predicted molar refractivity (Wildman–Crippen MR) is 74.3 cm³/mol. The van der Waals surface area contributed by atoms with E-state index in [0.717, 1.165) is 12.4 Å². The lowest BCUT2D eigenvalue weighted by atomic mass is 10.0. The first kappa shape index (κ1) is 12.4. The fourth-order valence-electron chi connectivity index (χ4n) is 1.65. The highest BCUT2D eigenvalue weighted by atomic mass is 15.2. The number of nitrogens with zero attached hydrogens (tertiary/aromatic N) is 2. The van der Waals surface area contributed by atoms with Crippen molar-refractivity contribution in [2.24, 2.45) is 0 Å². The minimum Gasteiger partial charge on any atom is -0.382 e. The zero-order valence-corrected chi connectivity index (χ0v) is 10.7. The number of hydrogen-bond donors (Lipinski definition) is 2. The number of nitrogens with two attached hydrogens (primary N) is 1. The molecule has 1 aromatic carbocycles. The zero-order chi connectivity index (χ0) is 13.0. The first-order valence-electron chi connectivity index (χ1n) is 6.07.